The Kier molecular flexibility index (Phi) is 4.78. The predicted molar refractivity (Wildman–Crippen MR) is 102 cm³/mol. The van der Waals surface area contributed by atoms with Crippen LogP contribution in [0.5, 0.6) is 0 Å². The Bertz CT molecular complexity index is 1020. The molecule has 2 heterocycles. The van der Waals surface area contributed by atoms with E-state index in [0.717, 1.165) is 30.1 Å². The monoisotopic (exact) mass is 387 g/mol. The van der Waals surface area contributed by atoms with E-state index in [2.05, 4.69) is 25.6 Å². The second kappa shape index (κ2) is 7.26. The molecule has 8 heteroatoms. The van der Waals surface area contributed by atoms with Crippen molar-refractivity contribution in [2.45, 2.75) is 45.2 Å². The van der Waals surface area contributed by atoms with Gasteiger partial charge in [-0.05, 0) is 32.8 Å². The topological polar surface area (TPSA) is 62.7 Å². The molecule has 5 nitrogen and oxygen atoms in total. The first kappa shape index (κ1) is 18.5. The highest BCUT2D eigenvalue weighted by atomic mass is 19.3. The number of hydrogen-bond donors (Lipinski definition) is 2. The number of halogens is 3. The number of rotatable bonds is 6. The molecule has 0 radical (unpaired) electrons. The average Bonchev–Trinajstić information content (AvgIpc) is 3.46. The summed E-state index contributed by atoms with van der Waals surface area (Å²) < 4.78 is 40.5. The SMILES string of the molecule is Cc1nc(N[C@H](C)c2cccc(C(F)F)c2F)c2cc(NC3CC3)ncc2n1. The summed E-state index contributed by atoms with van der Waals surface area (Å²) in [6.07, 6.45) is 1.04. The zero-order valence-electron chi connectivity index (χ0n) is 15.5. The van der Waals surface area contributed by atoms with Crippen molar-refractivity contribution in [2.24, 2.45) is 0 Å². The molecule has 0 aliphatic heterocycles. The van der Waals surface area contributed by atoms with Gasteiger partial charge in [0.15, 0.2) is 0 Å². The van der Waals surface area contributed by atoms with E-state index in [1.165, 1.54) is 12.1 Å². The van der Waals surface area contributed by atoms with Crippen LogP contribution in [0, 0.1) is 12.7 Å². The maximum atomic E-state index is 14.5. The molecule has 28 heavy (non-hydrogen) atoms. The van der Waals surface area contributed by atoms with Gasteiger partial charge in [0.25, 0.3) is 6.43 Å². The number of benzene rings is 1. The fraction of sp³-hybridized carbons (Fsp3) is 0.350. The highest BCUT2D eigenvalue weighted by Gasteiger charge is 2.22. The minimum Gasteiger partial charge on any atom is -0.367 e. The molecular weight excluding hydrogens is 367 g/mol. The molecule has 0 bridgehead atoms. The smallest absolute Gasteiger partial charge is 0.266 e. The van der Waals surface area contributed by atoms with E-state index in [1.807, 2.05) is 6.07 Å². The number of hydrogen-bond acceptors (Lipinski definition) is 5. The first-order valence-corrected chi connectivity index (χ1v) is 9.16. The zero-order valence-corrected chi connectivity index (χ0v) is 15.5. The summed E-state index contributed by atoms with van der Waals surface area (Å²) >= 11 is 0. The summed E-state index contributed by atoms with van der Waals surface area (Å²) in [5.41, 5.74) is 0.216. The molecule has 3 aromatic rings. The van der Waals surface area contributed by atoms with Crippen molar-refractivity contribution in [3.05, 3.63) is 53.2 Å². The van der Waals surface area contributed by atoms with Gasteiger partial charge in [0.2, 0.25) is 0 Å². The van der Waals surface area contributed by atoms with Gasteiger partial charge in [-0.15, -0.1) is 0 Å². The van der Waals surface area contributed by atoms with E-state index >= 15 is 0 Å². The van der Waals surface area contributed by atoms with Crippen molar-refractivity contribution >= 4 is 22.5 Å². The number of aryl methyl sites for hydroxylation is 1. The van der Waals surface area contributed by atoms with Crippen LogP contribution in [0.3, 0.4) is 0 Å². The quantitative estimate of drug-likeness (QED) is 0.612. The van der Waals surface area contributed by atoms with Crippen molar-refractivity contribution in [1.82, 2.24) is 15.0 Å². The van der Waals surface area contributed by atoms with E-state index in [1.54, 1.807) is 20.0 Å². The second-order valence-corrected chi connectivity index (χ2v) is 7.04. The Balaban J connectivity index is 1.69. The molecule has 1 saturated carbocycles. The summed E-state index contributed by atoms with van der Waals surface area (Å²) in [6, 6.07) is 5.76. The number of fused-ring (bicyclic) bond motifs is 1. The fourth-order valence-corrected chi connectivity index (χ4v) is 3.13. The van der Waals surface area contributed by atoms with Gasteiger partial charge in [-0.2, -0.15) is 0 Å². The van der Waals surface area contributed by atoms with Crippen LogP contribution in [0.15, 0.2) is 30.5 Å². The van der Waals surface area contributed by atoms with Gasteiger partial charge in [0.1, 0.15) is 23.3 Å². The van der Waals surface area contributed by atoms with Crippen LogP contribution < -0.4 is 10.6 Å². The molecule has 2 aromatic heterocycles. The summed E-state index contributed by atoms with van der Waals surface area (Å²) in [7, 11) is 0. The van der Waals surface area contributed by atoms with Gasteiger partial charge >= 0.3 is 0 Å². The molecular formula is C20H20F3N5. The number of pyridine rings is 1. The van der Waals surface area contributed by atoms with Crippen LogP contribution in [0.4, 0.5) is 24.8 Å². The second-order valence-electron chi connectivity index (χ2n) is 7.04. The third-order valence-electron chi connectivity index (χ3n) is 4.74. The third-order valence-corrected chi connectivity index (χ3v) is 4.74. The lowest BCUT2D eigenvalue weighted by Crippen LogP contribution is -2.12. The van der Waals surface area contributed by atoms with Gasteiger partial charge in [-0.1, -0.05) is 18.2 Å². The Hall–Kier alpha value is -2.90. The van der Waals surface area contributed by atoms with Crippen molar-refractivity contribution < 1.29 is 13.2 Å². The first-order chi connectivity index (χ1) is 13.4. The Morgan fingerprint density at radius 1 is 1.14 bits per heavy atom. The van der Waals surface area contributed by atoms with Crippen LogP contribution in [0.2, 0.25) is 0 Å². The van der Waals surface area contributed by atoms with E-state index < -0.39 is 23.8 Å². The van der Waals surface area contributed by atoms with E-state index in [-0.39, 0.29) is 5.56 Å². The molecule has 0 amide bonds. The molecule has 1 aliphatic rings. The number of anilines is 2. The maximum Gasteiger partial charge on any atom is 0.266 e. The van der Waals surface area contributed by atoms with Crippen LogP contribution in [0.1, 0.15) is 49.2 Å². The number of aromatic nitrogens is 3. The van der Waals surface area contributed by atoms with Crippen molar-refractivity contribution in [3.8, 4) is 0 Å². The van der Waals surface area contributed by atoms with Crippen molar-refractivity contribution in [3.63, 3.8) is 0 Å². The summed E-state index contributed by atoms with van der Waals surface area (Å²) in [4.78, 5) is 13.2. The summed E-state index contributed by atoms with van der Waals surface area (Å²) in [5, 5.41) is 7.22. The maximum absolute atomic E-state index is 14.5. The average molecular weight is 387 g/mol. The highest BCUT2D eigenvalue weighted by molar-refractivity contribution is 5.90. The third kappa shape index (κ3) is 3.72. The van der Waals surface area contributed by atoms with Crippen LogP contribution in [0.25, 0.3) is 10.9 Å². The Labute approximate surface area is 160 Å². The van der Waals surface area contributed by atoms with Crippen LogP contribution >= 0.6 is 0 Å². The fourth-order valence-electron chi connectivity index (χ4n) is 3.13. The zero-order chi connectivity index (χ0) is 19.8. The van der Waals surface area contributed by atoms with Crippen LogP contribution in [-0.2, 0) is 0 Å². The molecule has 1 aliphatic carbocycles. The van der Waals surface area contributed by atoms with E-state index in [4.69, 9.17) is 0 Å². The number of alkyl halides is 2. The lowest BCUT2D eigenvalue weighted by Gasteiger charge is -2.19. The van der Waals surface area contributed by atoms with Crippen molar-refractivity contribution in [1.29, 1.82) is 0 Å². The standard InChI is InChI=1S/C20H20F3N5/c1-10(13-4-3-5-14(18(13)21)19(22)23)25-20-15-8-17(28-12-6-7-12)24-9-16(15)26-11(2)27-20/h3-5,8-10,12,19H,6-7H2,1-2H3,(H,24,28)(H,25,26,27)/t10-/m1/s1. The normalized spacial score (nSPS) is 15.1. The minimum atomic E-state index is -2.86. The van der Waals surface area contributed by atoms with Gasteiger partial charge in [0.05, 0.1) is 23.3 Å². The molecule has 4 rings (SSSR count). The lowest BCUT2D eigenvalue weighted by atomic mass is 10.0. The molecule has 1 fully saturated rings. The van der Waals surface area contributed by atoms with Gasteiger partial charge < -0.3 is 10.6 Å². The first-order valence-electron chi connectivity index (χ1n) is 9.16. The molecule has 0 spiro atoms. The van der Waals surface area contributed by atoms with Gasteiger partial charge in [0, 0.05) is 17.0 Å². The Morgan fingerprint density at radius 3 is 2.61 bits per heavy atom. The molecule has 2 N–H and O–H groups in total. The number of nitrogens with zero attached hydrogens (tertiary/aromatic N) is 3. The van der Waals surface area contributed by atoms with E-state index in [0.29, 0.717) is 23.2 Å². The molecule has 0 unspecified atom stereocenters. The highest BCUT2D eigenvalue weighted by Crippen LogP contribution is 2.31. The predicted octanol–water partition coefficient (Wildman–Crippen LogP) is 5.16. The van der Waals surface area contributed by atoms with E-state index in [9.17, 15) is 13.2 Å². The summed E-state index contributed by atoms with van der Waals surface area (Å²) in [5.74, 6) is 0.876. The minimum absolute atomic E-state index is 0.160. The van der Waals surface area contributed by atoms with Crippen molar-refractivity contribution in [2.75, 3.05) is 10.6 Å². The number of nitrogens with one attached hydrogen (secondary N) is 2. The van der Waals surface area contributed by atoms with Gasteiger partial charge in [-0.3, -0.25) is 0 Å². The van der Waals surface area contributed by atoms with Crippen LogP contribution in [-0.4, -0.2) is 21.0 Å². The largest absolute Gasteiger partial charge is 0.367 e. The molecule has 0 saturated heterocycles. The molecule has 1 aromatic carbocycles. The summed E-state index contributed by atoms with van der Waals surface area (Å²) in [6.45, 7) is 3.46. The molecule has 1 atom stereocenters. The molecule has 146 valence electrons. The lowest BCUT2D eigenvalue weighted by molar-refractivity contribution is 0.146. The van der Waals surface area contributed by atoms with Gasteiger partial charge in [-0.25, -0.2) is 28.1 Å². The Morgan fingerprint density at radius 2 is 1.89 bits per heavy atom.